The van der Waals surface area contributed by atoms with E-state index in [1.807, 2.05) is 34.6 Å². The number of cyclic esters (lactones) is 3. The molecule has 0 saturated carbocycles. The van der Waals surface area contributed by atoms with Crippen LogP contribution in [0.1, 0.15) is 74.7 Å². The average molecular weight is 628 g/mol. The molecular weight excluding hydrogens is 574 g/mol. The lowest BCUT2D eigenvalue weighted by atomic mass is 9.76. The van der Waals surface area contributed by atoms with E-state index in [0.29, 0.717) is 32.5 Å². The lowest BCUT2D eigenvalue weighted by Crippen LogP contribution is -2.61. The van der Waals surface area contributed by atoms with Crippen LogP contribution in [0.4, 0.5) is 4.79 Å². The first-order valence-corrected chi connectivity index (χ1v) is 16.5. The highest BCUT2D eigenvalue weighted by atomic mass is 16.8. The third-order valence-electron chi connectivity index (χ3n) is 11.0. The molecule has 12 heteroatoms. The van der Waals surface area contributed by atoms with Crippen molar-refractivity contribution in [2.45, 2.75) is 141 Å². The monoisotopic (exact) mass is 627 g/mol. The summed E-state index contributed by atoms with van der Waals surface area (Å²) in [5.74, 6) is -2.53. The van der Waals surface area contributed by atoms with Gasteiger partial charge in [-0.2, -0.15) is 0 Å². The van der Waals surface area contributed by atoms with Crippen LogP contribution in [0.5, 0.6) is 0 Å². The SMILES string of the molecule is CC[C@H]1OC(=O)O[C@@]1(C)[C@@H]1OC(=O)[C@H](C)[C@@H](O)[C@H](C)[C@@H](O[C@@H]2OC(C)CC(N3CCOCC3)C2O)C2(C)CC(C)C(O2)[C@@H]1C. The number of aliphatic hydroxyl groups excluding tert-OH is 2. The molecule has 5 heterocycles. The predicted octanol–water partition coefficient (Wildman–Crippen LogP) is 2.65. The molecule has 5 rings (SSSR count). The molecule has 0 radical (unpaired) electrons. The van der Waals surface area contributed by atoms with Crippen molar-refractivity contribution in [1.29, 1.82) is 0 Å². The predicted molar refractivity (Wildman–Crippen MR) is 156 cm³/mol. The van der Waals surface area contributed by atoms with Gasteiger partial charge >= 0.3 is 12.1 Å². The van der Waals surface area contributed by atoms with Gasteiger partial charge in [-0.15, -0.1) is 0 Å². The molecule has 5 saturated heterocycles. The van der Waals surface area contributed by atoms with Crippen LogP contribution in [0.2, 0.25) is 0 Å². The van der Waals surface area contributed by atoms with E-state index in [0.717, 1.165) is 13.1 Å². The quantitative estimate of drug-likeness (QED) is 0.433. The fourth-order valence-corrected chi connectivity index (χ4v) is 8.58. The minimum atomic E-state index is -1.24. The zero-order chi connectivity index (χ0) is 32.1. The van der Waals surface area contributed by atoms with Crippen molar-refractivity contribution in [2.24, 2.45) is 23.7 Å². The molecule has 0 aliphatic carbocycles. The van der Waals surface area contributed by atoms with E-state index in [2.05, 4.69) is 11.8 Å². The number of carbonyl (C=O) groups excluding carboxylic acids is 2. The molecule has 5 aliphatic heterocycles. The second-order valence-electron chi connectivity index (χ2n) is 14.3. The number of ether oxygens (including phenoxy) is 7. The van der Waals surface area contributed by atoms with Crippen LogP contribution in [0.15, 0.2) is 0 Å². The number of carbonyl (C=O) groups is 2. The van der Waals surface area contributed by atoms with E-state index in [9.17, 15) is 19.8 Å². The van der Waals surface area contributed by atoms with Gasteiger partial charge in [0.15, 0.2) is 11.9 Å². The van der Waals surface area contributed by atoms with E-state index in [1.54, 1.807) is 13.8 Å². The van der Waals surface area contributed by atoms with Gasteiger partial charge in [-0.25, -0.2) is 4.79 Å². The second kappa shape index (κ2) is 12.9. The Morgan fingerprint density at radius 2 is 1.66 bits per heavy atom. The van der Waals surface area contributed by atoms with Crippen molar-refractivity contribution in [1.82, 2.24) is 4.90 Å². The Bertz CT molecular complexity index is 1040. The van der Waals surface area contributed by atoms with Gasteiger partial charge in [0, 0.05) is 31.0 Å². The summed E-state index contributed by atoms with van der Waals surface area (Å²) >= 11 is 0. The summed E-state index contributed by atoms with van der Waals surface area (Å²) in [5.41, 5.74) is -2.14. The van der Waals surface area contributed by atoms with Crippen molar-refractivity contribution >= 4 is 12.1 Å². The van der Waals surface area contributed by atoms with Crippen molar-refractivity contribution < 1.29 is 53.0 Å². The van der Waals surface area contributed by atoms with Crippen LogP contribution in [-0.4, -0.2) is 120 Å². The number of rotatable bonds is 5. The fraction of sp³-hybridized carbons (Fsp3) is 0.938. The lowest BCUT2D eigenvalue weighted by molar-refractivity contribution is -0.303. The highest BCUT2D eigenvalue weighted by Crippen LogP contribution is 2.49. The molecule has 0 aromatic rings. The highest BCUT2D eigenvalue weighted by Gasteiger charge is 2.61. The lowest BCUT2D eigenvalue weighted by Gasteiger charge is -2.48. The molecular formula is C32H53NO11. The molecule has 0 aromatic heterocycles. The van der Waals surface area contributed by atoms with Crippen molar-refractivity contribution in [3.63, 3.8) is 0 Å². The zero-order valence-corrected chi connectivity index (χ0v) is 27.5. The number of fused-ring (bicyclic) bond motifs is 2. The first-order chi connectivity index (χ1) is 20.7. The Balaban J connectivity index is 1.47. The maximum atomic E-state index is 13.7. The average Bonchev–Trinajstić information content (AvgIpc) is 3.47. The third-order valence-corrected chi connectivity index (χ3v) is 11.0. The number of hydrogen-bond acceptors (Lipinski definition) is 12. The molecule has 0 spiro atoms. The van der Waals surface area contributed by atoms with Crippen molar-refractivity contribution in [3.8, 4) is 0 Å². The maximum Gasteiger partial charge on any atom is 0.509 e. The first-order valence-electron chi connectivity index (χ1n) is 16.5. The minimum absolute atomic E-state index is 0.00224. The molecule has 2 bridgehead atoms. The standard InChI is InChI=1S/C32H53NO11/c1-9-22-32(8,44-30(37)40-22)27-20(6)25-16(2)15-31(7,43-25)26(18(4)23(34)19(5)28(36)41-27)42-29-24(35)21(14-17(3)39-29)33-10-12-38-13-11-33/h16-27,29,34-35H,9-15H2,1-8H3/t16?,17?,18-,19+,20-,21?,22+,23-,24?,25?,26+,27+,29-,31?,32+/m0/s1. The number of esters is 1. The molecule has 0 aromatic carbocycles. The number of aliphatic hydroxyl groups is 2. The van der Waals surface area contributed by atoms with Crippen LogP contribution in [-0.2, 0) is 38.0 Å². The van der Waals surface area contributed by atoms with Crippen LogP contribution in [0, 0.1) is 23.7 Å². The van der Waals surface area contributed by atoms with Gasteiger partial charge in [0.05, 0.1) is 49.1 Å². The summed E-state index contributed by atoms with van der Waals surface area (Å²) in [5, 5.41) is 23.2. The topological polar surface area (TPSA) is 142 Å². The Morgan fingerprint density at radius 3 is 2.32 bits per heavy atom. The highest BCUT2D eigenvalue weighted by molar-refractivity contribution is 5.73. The van der Waals surface area contributed by atoms with E-state index in [4.69, 9.17) is 33.2 Å². The van der Waals surface area contributed by atoms with Gasteiger partial charge in [-0.1, -0.05) is 27.7 Å². The Morgan fingerprint density at radius 1 is 0.977 bits per heavy atom. The second-order valence-corrected chi connectivity index (χ2v) is 14.3. The molecule has 12 nitrogen and oxygen atoms in total. The van der Waals surface area contributed by atoms with E-state index in [1.165, 1.54) is 0 Å². The molecule has 5 fully saturated rings. The van der Waals surface area contributed by atoms with Crippen LogP contribution >= 0.6 is 0 Å². The number of morpholine rings is 1. The van der Waals surface area contributed by atoms with E-state index in [-0.39, 0.29) is 18.1 Å². The molecule has 44 heavy (non-hydrogen) atoms. The molecule has 6 unspecified atom stereocenters. The minimum Gasteiger partial charge on any atom is -0.457 e. The Kier molecular flexibility index (Phi) is 9.93. The molecule has 252 valence electrons. The summed E-state index contributed by atoms with van der Waals surface area (Å²) < 4.78 is 42.8. The van der Waals surface area contributed by atoms with Crippen LogP contribution in [0.3, 0.4) is 0 Å². The van der Waals surface area contributed by atoms with Gasteiger partial charge in [0.1, 0.15) is 18.3 Å². The summed E-state index contributed by atoms with van der Waals surface area (Å²) in [6.07, 6.45) is -4.93. The first kappa shape index (κ1) is 33.8. The van der Waals surface area contributed by atoms with Gasteiger partial charge in [0.2, 0.25) is 0 Å². The molecule has 0 amide bonds. The Hall–Kier alpha value is -1.54. The van der Waals surface area contributed by atoms with E-state index < -0.39 is 84.0 Å². The largest absolute Gasteiger partial charge is 0.509 e. The number of nitrogens with zero attached hydrogens (tertiary/aromatic N) is 1. The summed E-state index contributed by atoms with van der Waals surface area (Å²) in [7, 11) is 0. The fourth-order valence-electron chi connectivity index (χ4n) is 8.58. The Labute approximate surface area is 260 Å². The smallest absolute Gasteiger partial charge is 0.457 e. The summed E-state index contributed by atoms with van der Waals surface area (Å²) in [4.78, 5) is 28.2. The molecule has 5 aliphatic rings. The maximum absolute atomic E-state index is 13.7. The van der Waals surface area contributed by atoms with Gasteiger partial charge in [0.25, 0.3) is 0 Å². The van der Waals surface area contributed by atoms with E-state index >= 15 is 0 Å². The van der Waals surface area contributed by atoms with Crippen LogP contribution in [0.25, 0.3) is 0 Å². The van der Waals surface area contributed by atoms with Crippen molar-refractivity contribution in [3.05, 3.63) is 0 Å². The molecule has 15 atom stereocenters. The summed E-state index contributed by atoms with van der Waals surface area (Å²) in [6.45, 7) is 17.7. The van der Waals surface area contributed by atoms with Crippen LogP contribution < -0.4 is 0 Å². The normalized spacial score (nSPS) is 50.8. The number of hydrogen-bond donors (Lipinski definition) is 2. The third kappa shape index (κ3) is 6.12. The molecule has 2 N–H and O–H groups in total. The van der Waals surface area contributed by atoms with Gasteiger partial charge in [-0.05, 0) is 52.9 Å². The zero-order valence-electron chi connectivity index (χ0n) is 27.5. The van der Waals surface area contributed by atoms with Gasteiger partial charge in [-0.3, -0.25) is 9.69 Å². The van der Waals surface area contributed by atoms with Crippen molar-refractivity contribution in [2.75, 3.05) is 26.3 Å². The summed E-state index contributed by atoms with van der Waals surface area (Å²) in [6, 6.07) is -0.169. The van der Waals surface area contributed by atoms with Gasteiger partial charge < -0.3 is 43.4 Å².